The van der Waals surface area contributed by atoms with Gasteiger partial charge in [0.2, 0.25) is 0 Å². The van der Waals surface area contributed by atoms with Crippen LogP contribution in [0, 0.1) is 5.41 Å². The van der Waals surface area contributed by atoms with E-state index in [9.17, 15) is 5.11 Å². The van der Waals surface area contributed by atoms with Gasteiger partial charge in [-0.1, -0.05) is 31.5 Å². The molecular formula is C14H20ClNO. The molecule has 2 nitrogen and oxygen atoms in total. The quantitative estimate of drug-likeness (QED) is 0.868. The Balaban J connectivity index is 2.33. The number of benzene rings is 1. The van der Waals surface area contributed by atoms with E-state index in [0.29, 0.717) is 0 Å². The van der Waals surface area contributed by atoms with Gasteiger partial charge in [-0.2, -0.15) is 0 Å². The molecule has 1 aliphatic rings. The molecule has 17 heavy (non-hydrogen) atoms. The SMILES string of the molecule is C[C@H](CO)NC1c2cc(Cl)ccc2CC1(C)C. The first-order chi connectivity index (χ1) is 7.94. The summed E-state index contributed by atoms with van der Waals surface area (Å²) in [6, 6.07) is 6.48. The first-order valence-corrected chi connectivity index (χ1v) is 6.47. The molecule has 1 unspecified atom stereocenters. The fourth-order valence-corrected chi connectivity index (χ4v) is 2.84. The lowest BCUT2D eigenvalue weighted by atomic mass is 9.85. The minimum atomic E-state index is 0.101. The zero-order valence-electron chi connectivity index (χ0n) is 10.6. The number of halogens is 1. The Bertz CT molecular complexity index is 417. The zero-order chi connectivity index (χ0) is 12.6. The summed E-state index contributed by atoms with van der Waals surface area (Å²) in [6.45, 7) is 6.66. The van der Waals surface area contributed by atoms with Crippen molar-refractivity contribution in [2.24, 2.45) is 5.41 Å². The summed E-state index contributed by atoms with van der Waals surface area (Å²) < 4.78 is 0. The Morgan fingerprint density at radius 3 is 2.88 bits per heavy atom. The molecule has 0 spiro atoms. The standard InChI is InChI=1S/C14H20ClNO/c1-9(8-17)16-13-12-6-11(15)5-4-10(12)7-14(13,2)3/h4-6,9,13,16-17H,7-8H2,1-3H3/t9-,13?/m1/s1. The molecule has 1 aromatic carbocycles. The van der Waals surface area contributed by atoms with Gasteiger partial charge in [0.15, 0.2) is 0 Å². The third-order valence-electron chi connectivity index (χ3n) is 3.57. The molecule has 0 saturated heterocycles. The highest BCUT2D eigenvalue weighted by molar-refractivity contribution is 6.30. The van der Waals surface area contributed by atoms with Gasteiger partial charge in [-0.25, -0.2) is 0 Å². The van der Waals surface area contributed by atoms with Crippen molar-refractivity contribution in [1.82, 2.24) is 5.32 Å². The van der Waals surface area contributed by atoms with E-state index in [1.807, 2.05) is 19.1 Å². The summed E-state index contributed by atoms with van der Waals surface area (Å²) in [7, 11) is 0. The van der Waals surface area contributed by atoms with Crippen LogP contribution in [0.4, 0.5) is 0 Å². The minimum Gasteiger partial charge on any atom is -0.395 e. The van der Waals surface area contributed by atoms with Crippen LogP contribution in [0.3, 0.4) is 0 Å². The molecule has 3 heteroatoms. The van der Waals surface area contributed by atoms with Crippen LogP contribution < -0.4 is 5.32 Å². The van der Waals surface area contributed by atoms with Gasteiger partial charge in [0.05, 0.1) is 6.61 Å². The molecule has 0 saturated carbocycles. The van der Waals surface area contributed by atoms with E-state index < -0.39 is 0 Å². The molecule has 2 rings (SSSR count). The number of fused-ring (bicyclic) bond motifs is 1. The molecule has 1 aliphatic carbocycles. The molecule has 0 aromatic heterocycles. The molecule has 1 aromatic rings. The summed E-state index contributed by atoms with van der Waals surface area (Å²) >= 11 is 6.08. The third-order valence-corrected chi connectivity index (χ3v) is 3.81. The molecule has 0 amide bonds. The van der Waals surface area contributed by atoms with Gasteiger partial charge in [-0.15, -0.1) is 0 Å². The molecule has 2 N–H and O–H groups in total. The molecule has 0 fully saturated rings. The van der Waals surface area contributed by atoms with E-state index in [1.165, 1.54) is 11.1 Å². The second-order valence-electron chi connectivity index (χ2n) is 5.69. The smallest absolute Gasteiger partial charge is 0.0582 e. The Hall–Kier alpha value is -0.570. The van der Waals surface area contributed by atoms with Crippen molar-refractivity contribution in [2.75, 3.05) is 6.61 Å². The number of rotatable bonds is 3. The van der Waals surface area contributed by atoms with E-state index in [1.54, 1.807) is 0 Å². The predicted molar refractivity (Wildman–Crippen MR) is 71.4 cm³/mol. The van der Waals surface area contributed by atoms with Crippen molar-refractivity contribution in [2.45, 2.75) is 39.3 Å². The van der Waals surface area contributed by atoms with Crippen molar-refractivity contribution in [3.8, 4) is 0 Å². The summed E-state index contributed by atoms with van der Waals surface area (Å²) in [5, 5.41) is 13.5. The van der Waals surface area contributed by atoms with Crippen molar-refractivity contribution < 1.29 is 5.11 Å². The summed E-state index contributed by atoms with van der Waals surface area (Å²) in [6.07, 6.45) is 1.05. The molecule has 0 bridgehead atoms. The predicted octanol–water partition coefficient (Wildman–Crippen LogP) is 2.93. The topological polar surface area (TPSA) is 32.3 Å². The number of hydrogen-bond donors (Lipinski definition) is 2. The second-order valence-corrected chi connectivity index (χ2v) is 6.13. The minimum absolute atomic E-state index is 0.101. The molecule has 0 aliphatic heterocycles. The van der Waals surface area contributed by atoms with Crippen LogP contribution in [0.1, 0.15) is 37.9 Å². The third kappa shape index (κ3) is 2.49. The van der Waals surface area contributed by atoms with E-state index >= 15 is 0 Å². The second kappa shape index (κ2) is 4.60. The summed E-state index contributed by atoms with van der Waals surface area (Å²) in [5.74, 6) is 0. The first-order valence-electron chi connectivity index (χ1n) is 6.09. The number of aliphatic hydroxyl groups excluding tert-OH is 1. The van der Waals surface area contributed by atoms with Crippen LogP contribution >= 0.6 is 11.6 Å². The summed E-state index contributed by atoms with van der Waals surface area (Å²) in [5.41, 5.74) is 2.81. The lowest BCUT2D eigenvalue weighted by molar-refractivity contribution is 0.198. The van der Waals surface area contributed by atoms with Crippen LogP contribution in [0.2, 0.25) is 5.02 Å². The molecule has 0 radical (unpaired) electrons. The van der Waals surface area contributed by atoms with Gasteiger partial charge in [0.25, 0.3) is 0 Å². The highest BCUT2D eigenvalue weighted by atomic mass is 35.5. The van der Waals surface area contributed by atoms with Gasteiger partial charge >= 0.3 is 0 Å². The Morgan fingerprint density at radius 2 is 2.24 bits per heavy atom. The Kier molecular flexibility index (Phi) is 3.48. The van der Waals surface area contributed by atoms with Crippen molar-refractivity contribution >= 4 is 11.6 Å². The maximum atomic E-state index is 9.18. The fourth-order valence-electron chi connectivity index (χ4n) is 2.66. The van der Waals surface area contributed by atoms with E-state index in [4.69, 9.17) is 11.6 Å². The van der Waals surface area contributed by atoms with Crippen LogP contribution in [-0.2, 0) is 6.42 Å². The summed E-state index contributed by atoms with van der Waals surface area (Å²) in [4.78, 5) is 0. The van der Waals surface area contributed by atoms with Gasteiger partial charge in [0.1, 0.15) is 0 Å². The van der Waals surface area contributed by atoms with Gasteiger partial charge in [0, 0.05) is 17.1 Å². The molecular weight excluding hydrogens is 234 g/mol. The number of nitrogens with one attached hydrogen (secondary N) is 1. The van der Waals surface area contributed by atoms with Gasteiger partial charge in [-0.05, 0) is 42.0 Å². The average Bonchev–Trinajstić information content (AvgIpc) is 2.50. The molecule has 94 valence electrons. The number of hydrogen-bond acceptors (Lipinski definition) is 2. The first kappa shape index (κ1) is 12.9. The highest BCUT2D eigenvalue weighted by Gasteiger charge is 2.39. The van der Waals surface area contributed by atoms with E-state index in [2.05, 4.69) is 25.2 Å². The van der Waals surface area contributed by atoms with Crippen LogP contribution in [0.25, 0.3) is 0 Å². The zero-order valence-corrected chi connectivity index (χ0v) is 11.4. The van der Waals surface area contributed by atoms with E-state index in [-0.39, 0.29) is 24.1 Å². The lowest BCUT2D eigenvalue weighted by Crippen LogP contribution is -2.38. The largest absolute Gasteiger partial charge is 0.395 e. The van der Waals surface area contributed by atoms with E-state index in [0.717, 1.165) is 11.4 Å². The van der Waals surface area contributed by atoms with Crippen LogP contribution in [-0.4, -0.2) is 17.8 Å². The van der Waals surface area contributed by atoms with Crippen molar-refractivity contribution in [1.29, 1.82) is 0 Å². The Labute approximate surface area is 108 Å². The van der Waals surface area contributed by atoms with Gasteiger partial charge in [-0.3, -0.25) is 0 Å². The Morgan fingerprint density at radius 1 is 1.53 bits per heavy atom. The van der Waals surface area contributed by atoms with Crippen molar-refractivity contribution in [3.05, 3.63) is 34.3 Å². The maximum Gasteiger partial charge on any atom is 0.0582 e. The lowest BCUT2D eigenvalue weighted by Gasteiger charge is -2.31. The van der Waals surface area contributed by atoms with Crippen molar-refractivity contribution in [3.63, 3.8) is 0 Å². The molecule has 0 heterocycles. The highest BCUT2D eigenvalue weighted by Crippen LogP contribution is 2.46. The normalized spacial score (nSPS) is 23.5. The maximum absolute atomic E-state index is 9.18. The number of aliphatic hydroxyl groups is 1. The molecule has 2 atom stereocenters. The van der Waals surface area contributed by atoms with Gasteiger partial charge < -0.3 is 10.4 Å². The fraction of sp³-hybridized carbons (Fsp3) is 0.571. The van der Waals surface area contributed by atoms with Crippen LogP contribution in [0.15, 0.2) is 18.2 Å². The monoisotopic (exact) mass is 253 g/mol. The van der Waals surface area contributed by atoms with Crippen LogP contribution in [0.5, 0.6) is 0 Å². The average molecular weight is 254 g/mol.